The Balaban J connectivity index is 1.97. The Morgan fingerprint density at radius 1 is 1.08 bits per heavy atom. The number of hydrogen-bond donors (Lipinski definition) is 0. The van der Waals surface area contributed by atoms with Crippen LogP contribution in [-0.4, -0.2) is 25.4 Å². The van der Waals surface area contributed by atoms with Gasteiger partial charge >= 0.3 is 0 Å². The lowest BCUT2D eigenvalue weighted by molar-refractivity contribution is -0.114. The van der Waals surface area contributed by atoms with Gasteiger partial charge in [-0.15, -0.1) is 0 Å². The fourth-order valence-corrected chi connectivity index (χ4v) is 4.21. The highest BCUT2D eigenvalue weighted by molar-refractivity contribution is 9.11. The maximum atomic E-state index is 12.4. The maximum absolute atomic E-state index is 12.4. The van der Waals surface area contributed by atoms with E-state index in [1.807, 2.05) is 25.1 Å². The minimum absolute atomic E-state index is 0.264. The zero-order valence-corrected chi connectivity index (χ0v) is 16.8. The predicted molar refractivity (Wildman–Crippen MR) is 102 cm³/mol. The third kappa shape index (κ3) is 3.30. The van der Waals surface area contributed by atoms with Crippen LogP contribution in [-0.2, 0) is 11.3 Å². The van der Waals surface area contributed by atoms with E-state index in [1.165, 1.54) is 4.90 Å². The summed E-state index contributed by atoms with van der Waals surface area (Å²) in [7, 11) is 1.57. The number of ketones is 1. The van der Waals surface area contributed by atoms with Crippen LogP contribution in [0.4, 0.5) is 5.69 Å². The molecule has 2 aromatic carbocycles. The molecule has 2 aromatic rings. The van der Waals surface area contributed by atoms with Crippen molar-refractivity contribution in [3.05, 3.63) is 50.4 Å². The third-order valence-electron chi connectivity index (χ3n) is 3.85. The van der Waals surface area contributed by atoms with E-state index in [0.29, 0.717) is 33.8 Å². The van der Waals surface area contributed by atoms with E-state index in [2.05, 4.69) is 31.9 Å². The number of Topliss-reactive ketones (excluding diaryl/α,β-unsaturated/α-hetero) is 1. The standard InChI is InChI=1S/C18H15Br2NO4/c1-3-25-14-5-4-10(6-15(14)24-2)9-21-16-12(17(22)18(21)23)7-11(19)8-13(16)20/h4-8H,3,9H2,1-2H3. The molecule has 5 nitrogen and oxygen atoms in total. The average Bonchev–Trinajstić information content (AvgIpc) is 2.81. The fraction of sp³-hybridized carbons (Fsp3) is 0.222. The minimum Gasteiger partial charge on any atom is -0.493 e. The number of nitrogens with zero attached hydrogens (tertiary/aromatic N) is 1. The molecule has 0 N–H and O–H groups in total. The normalized spacial score (nSPS) is 13.2. The third-order valence-corrected chi connectivity index (χ3v) is 4.91. The van der Waals surface area contributed by atoms with Gasteiger partial charge in [0.1, 0.15) is 0 Å². The van der Waals surface area contributed by atoms with Crippen molar-refractivity contribution in [1.29, 1.82) is 0 Å². The van der Waals surface area contributed by atoms with Gasteiger partial charge in [-0.05, 0) is 52.7 Å². The average molecular weight is 469 g/mol. The Hall–Kier alpha value is -1.86. The Labute approximate surface area is 162 Å². The SMILES string of the molecule is CCOc1ccc(CN2C(=O)C(=O)c3cc(Br)cc(Br)c32)cc1OC. The van der Waals surface area contributed by atoms with Crippen molar-refractivity contribution >= 4 is 49.2 Å². The molecule has 1 aliphatic rings. The Bertz CT molecular complexity index is 866. The largest absolute Gasteiger partial charge is 0.493 e. The molecule has 1 aliphatic heterocycles. The van der Waals surface area contributed by atoms with Crippen LogP contribution >= 0.6 is 31.9 Å². The van der Waals surface area contributed by atoms with Crippen molar-refractivity contribution in [2.24, 2.45) is 0 Å². The van der Waals surface area contributed by atoms with Crippen LogP contribution in [0.15, 0.2) is 39.3 Å². The van der Waals surface area contributed by atoms with Crippen LogP contribution in [0.2, 0.25) is 0 Å². The summed E-state index contributed by atoms with van der Waals surface area (Å²) in [5, 5.41) is 0. The molecular weight excluding hydrogens is 454 g/mol. The van der Waals surface area contributed by atoms with E-state index in [9.17, 15) is 9.59 Å². The van der Waals surface area contributed by atoms with E-state index in [1.54, 1.807) is 19.2 Å². The van der Waals surface area contributed by atoms with Crippen molar-refractivity contribution in [3.8, 4) is 11.5 Å². The molecule has 130 valence electrons. The first kappa shape index (κ1) is 17.9. The zero-order valence-electron chi connectivity index (χ0n) is 13.6. The monoisotopic (exact) mass is 467 g/mol. The molecule has 0 saturated heterocycles. The van der Waals surface area contributed by atoms with Crippen molar-refractivity contribution in [2.75, 3.05) is 18.6 Å². The number of carbonyl (C=O) groups is 2. The summed E-state index contributed by atoms with van der Waals surface area (Å²) in [5.41, 5.74) is 1.82. The highest BCUT2D eigenvalue weighted by atomic mass is 79.9. The molecule has 3 rings (SSSR count). The summed E-state index contributed by atoms with van der Waals surface area (Å²) in [4.78, 5) is 26.2. The van der Waals surface area contributed by atoms with Gasteiger partial charge in [-0.3, -0.25) is 14.5 Å². The molecule has 7 heteroatoms. The van der Waals surface area contributed by atoms with Gasteiger partial charge in [-0.2, -0.15) is 0 Å². The molecule has 0 atom stereocenters. The molecule has 1 amide bonds. The van der Waals surface area contributed by atoms with Crippen LogP contribution in [0.1, 0.15) is 22.8 Å². The van der Waals surface area contributed by atoms with Crippen molar-refractivity contribution in [3.63, 3.8) is 0 Å². The first-order chi connectivity index (χ1) is 12.0. The number of ether oxygens (including phenoxy) is 2. The molecule has 0 fully saturated rings. The molecule has 25 heavy (non-hydrogen) atoms. The summed E-state index contributed by atoms with van der Waals surface area (Å²) in [5.74, 6) is 0.187. The van der Waals surface area contributed by atoms with Crippen LogP contribution in [0, 0.1) is 0 Å². The smallest absolute Gasteiger partial charge is 0.299 e. The Morgan fingerprint density at radius 2 is 1.84 bits per heavy atom. The molecular formula is C18H15Br2NO4. The first-order valence-electron chi connectivity index (χ1n) is 7.61. The van der Waals surface area contributed by atoms with Gasteiger partial charge in [-0.1, -0.05) is 22.0 Å². The number of benzene rings is 2. The van der Waals surface area contributed by atoms with Gasteiger partial charge in [-0.25, -0.2) is 0 Å². The van der Waals surface area contributed by atoms with Crippen molar-refractivity contribution < 1.29 is 19.1 Å². The fourth-order valence-electron chi connectivity index (χ4n) is 2.77. The van der Waals surface area contributed by atoms with Crippen LogP contribution in [0.3, 0.4) is 0 Å². The quantitative estimate of drug-likeness (QED) is 0.612. The molecule has 0 spiro atoms. The molecule has 0 aliphatic carbocycles. The number of methoxy groups -OCH3 is 1. The van der Waals surface area contributed by atoms with E-state index in [0.717, 1.165) is 10.0 Å². The lowest BCUT2D eigenvalue weighted by atomic mass is 10.1. The lowest BCUT2D eigenvalue weighted by Crippen LogP contribution is -2.29. The van der Waals surface area contributed by atoms with E-state index < -0.39 is 11.7 Å². The number of amides is 1. The van der Waals surface area contributed by atoms with Crippen LogP contribution < -0.4 is 14.4 Å². The second kappa shape index (κ2) is 7.17. The van der Waals surface area contributed by atoms with Gasteiger partial charge in [0, 0.05) is 8.95 Å². The first-order valence-corrected chi connectivity index (χ1v) is 9.19. The number of hydrogen-bond acceptors (Lipinski definition) is 4. The Morgan fingerprint density at radius 3 is 2.52 bits per heavy atom. The van der Waals surface area contributed by atoms with E-state index >= 15 is 0 Å². The molecule has 1 heterocycles. The summed E-state index contributed by atoms with van der Waals surface area (Å²) >= 11 is 6.80. The summed E-state index contributed by atoms with van der Waals surface area (Å²) in [6.45, 7) is 2.69. The predicted octanol–water partition coefficient (Wildman–Crippen LogP) is 4.35. The van der Waals surface area contributed by atoms with E-state index in [-0.39, 0.29) is 6.54 Å². The molecule has 0 unspecified atom stereocenters. The highest BCUT2D eigenvalue weighted by Crippen LogP contribution is 2.40. The number of carbonyl (C=O) groups excluding carboxylic acids is 2. The van der Waals surface area contributed by atoms with Crippen molar-refractivity contribution in [2.45, 2.75) is 13.5 Å². The lowest BCUT2D eigenvalue weighted by Gasteiger charge is -2.19. The second-order valence-electron chi connectivity index (χ2n) is 5.42. The van der Waals surface area contributed by atoms with Gasteiger partial charge in [0.2, 0.25) is 0 Å². The molecule has 0 radical (unpaired) electrons. The van der Waals surface area contributed by atoms with Gasteiger partial charge in [0.15, 0.2) is 11.5 Å². The van der Waals surface area contributed by atoms with Crippen LogP contribution in [0.5, 0.6) is 11.5 Å². The summed E-state index contributed by atoms with van der Waals surface area (Å²) < 4.78 is 12.3. The second-order valence-corrected chi connectivity index (χ2v) is 7.19. The number of anilines is 1. The van der Waals surface area contributed by atoms with Gasteiger partial charge < -0.3 is 9.47 Å². The topological polar surface area (TPSA) is 55.8 Å². The van der Waals surface area contributed by atoms with Gasteiger partial charge in [0.25, 0.3) is 11.7 Å². The maximum Gasteiger partial charge on any atom is 0.299 e. The zero-order chi connectivity index (χ0) is 18.1. The number of halogens is 2. The summed E-state index contributed by atoms with van der Waals surface area (Å²) in [6, 6.07) is 8.96. The molecule has 0 aromatic heterocycles. The summed E-state index contributed by atoms with van der Waals surface area (Å²) in [6.07, 6.45) is 0. The Kier molecular flexibility index (Phi) is 5.15. The highest BCUT2D eigenvalue weighted by Gasteiger charge is 2.37. The van der Waals surface area contributed by atoms with Crippen molar-refractivity contribution in [1.82, 2.24) is 0 Å². The van der Waals surface area contributed by atoms with E-state index in [4.69, 9.17) is 9.47 Å². The number of rotatable bonds is 5. The van der Waals surface area contributed by atoms with Crippen LogP contribution in [0.25, 0.3) is 0 Å². The number of fused-ring (bicyclic) bond motifs is 1. The minimum atomic E-state index is -0.540. The molecule has 0 saturated carbocycles. The molecule has 0 bridgehead atoms. The van der Waals surface area contributed by atoms with Gasteiger partial charge in [0.05, 0.1) is 31.5 Å².